The van der Waals surface area contributed by atoms with Crippen LogP contribution in [0.3, 0.4) is 0 Å². The zero-order chi connectivity index (χ0) is 21.2. The first kappa shape index (κ1) is 21.8. The van der Waals surface area contributed by atoms with E-state index >= 15 is 0 Å². The van der Waals surface area contributed by atoms with Crippen LogP contribution < -0.4 is 10.1 Å². The predicted octanol–water partition coefficient (Wildman–Crippen LogP) is 2.95. The minimum atomic E-state index is -3.70. The molecule has 2 aromatic rings. The van der Waals surface area contributed by atoms with Crippen molar-refractivity contribution in [3.05, 3.63) is 40.1 Å². The lowest BCUT2D eigenvalue weighted by Gasteiger charge is -2.34. The summed E-state index contributed by atoms with van der Waals surface area (Å²) in [6.45, 7) is 3.22. The molecule has 1 aromatic heterocycles. The van der Waals surface area contributed by atoms with E-state index in [4.69, 9.17) is 4.74 Å². The number of carbonyl (C=O) groups is 1. The molecule has 0 bridgehead atoms. The molecule has 1 aliphatic heterocycles. The van der Waals surface area contributed by atoms with Crippen LogP contribution in [-0.4, -0.2) is 57.8 Å². The third-order valence-corrected chi connectivity index (χ3v) is 7.98. The molecule has 0 saturated heterocycles. The van der Waals surface area contributed by atoms with Gasteiger partial charge in [-0.1, -0.05) is 6.92 Å². The molecule has 0 aliphatic carbocycles. The summed E-state index contributed by atoms with van der Waals surface area (Å²) in [5, 5.41) is 4.95. The molecule has 9 heteroatoms. The van der Waals surface area contributed by atoms with Gasteiger partial charge in [-0.3, -0.25) is 9.69 Å². The summed E-state index contributed by atoms with van der Waals surface area (Å²) >= 11 is 1.78. The molecule has 3 rings (SSSR count). The van der Waals surface area contributed by atoms with E-state index in [0.29, 0.717) is 5.69 Å². The summed E-state index contributed by atoms with van der Waals surface area (Å²) in [6.07, 6.45) is 1.88. The molecule has 0 unspecified atom stereocenters. The third kappa shape index (κ3) is 4.48. The van der Waals surface area contributed by atoms with E-state index in [1.54, 1.807) is 23.5 Å². The summed E-state index contributed by atoms with van der Waals surface area (Å²) in [4.78, 5) is 16.3. The molecule has 0 radical (unpaired) electrons. The molecule has 2 heterocycles. The first-order chi connectivity index (χ1) is 13.8. The van der Waals surface area contributed by atoms with Crippen LogP contribution in [-0.2, 0) is 21.2 Å². The van der Waals surface area contributed by atoms with E-state index in [1.165, 1.54) is 37.7 Å². The van der Waals surface area contributed by atoms with Gasteiger partial charge in [-0.15, -0.1) is 11.3 Å². The SMILES string of the molecule is CC[C@H]1c2ccsc2CCN1CC(=O)Nc1ccc(OC)c(S(=O)(=O)N(C)C)c1. The van der Waals surface area contributed by atoms with E-state index in [1.807, 2.05) is 0 Å². The number of carbonyl (C=O) groups excluding carboxylic acids is 1. The van der Waals surface area contributed by atoms with Gasteiger partial charge in [0, 0.05) is 37.2 Å². The van der Waals surface area contributed by atoms with Gasteiger partial charge in [0.05, 0.1) is 13.7 Å². The standard InChI is InChI=1S/C20H27N3O4S2/c1-5-16-15-9-11-28-18(15)8-10-23(16)13-20(24)21-14-6-7-17(27-4)19(12-14)29(25,26)22(2)3/h6-7,9,11-12,16H,5,8,10,13H2,1-4H3,(H,21,24)/t16-/m0/s1. The fourth-order valence-electron chi connectivity index (χ4n) is 3.65. The highest BCUT2D eigenvalue weighted by Crippen LogP contribution is 2.35. The smallest absolute Gasteiger partial charge is 0.246 e. The van der Waals surface area contributed by atoms with Crippen LogP contribution >= 0.6 is 11.3 Å². The van der Waals surface area contributed by atoms with E-state index < -0.39 is 10.0 Å². The topological polar surface area (TPSA) is 79.0 Å². The van der Waals surface area contributed by atoms with Crippen molar-refractivity contribution in [3.8, 4) is 5.75 Å². The number of hydrogen-bond acceptors (Lipinski definition) is 6. The Morgan fingerprint density at radius 3 is 2.76 bits per heavy atom. The number of ether oxygens (including phenoxy) is 1. The van der Waals surface area contributed by atoms with Crippen LogP contribution in [0, 0.1) is 0 Å². The molecule has 1 aliphatic rings. The third-order valence-electron chi connectivity index (χ3n) is 5.15. The predicted molar refractivity (Wildman–Crippen MR) is 115 cm³/mol. The fourth-order valence-corrected chi connectivity index (χ4v) is 5.66. The van der Waals surface area contributed by atoms with Crippen molar-refractivity contribution in [2.45, 2.75) is 30.7 Å². The number of sulfonamides is 1. The Morgan fingerprint density at radius 2 is 2.10 bits per heavy atom. The number of nitrogens with one attached hydrogen (secondary N) is 1. The molecule has 1 amide bonds. The lowest BCUT2D eigenvalue weighted by atomic mass is 9.98. The average Bonchev–Trinajstić information content (AvgIpc) is 3.16. The van der Waals surface area contributed by atoms with Crippen LogP contribution in [0.5, 0.6) is 5.75 Å². The summed E-state index contributed by atoms with van der Waals surface area (Å²) in [5.41, 5.74) is 1.75. The van der Waals surface area contributed by atoms with Gasteiger partial charge in [0.15, 0.2) is 0 Å². The number of amides is 1. The van der Waals surface area contributed by atoms with Gasteiger partial charge in [0.1, 0.15) is 10.6 Å². The van der Waals surface area contributed by atoms with Crippen molar-refractivity contribution in [1.82, 2.24) is 9.21 Å². The molecule has 1 aromatic carbocycles. The fraction of sp³-hybridized carbons (Fsp3) is 0.450. The second-order valence-electron chi connectivity index (χ2n) is 7.14. The van der Waals surface area contributed by atoms with Gasteiger partial charge >= 0.3 is 0 Å². The highest BCUT2D eigenvalue weighted by Gasteiger charge is 2.28. The number of fused-ring (bicyclic) bond motifs is 1. The highest BCUT2D eigenvalue weighted by atomic mass is 32.2. The number of benzene rings is 1. The normalized spacial score (nSPS) is 17.2. The zero-order valence-corrected chi connectivity index (χ0v) is 18.8. The number of hydrogen-bond donors (Lipinski definition) is 1. The van der Waals surface area contributed by atoms with Crippen LogP contribution in [0.2, 0.25) is 0 Å². The first-order valence-electron chi connectivity index (χ1n) is 9.48. The van der Waals surface area contributed by atoms with Crippen molar-refractivity contribution >= 4 is 33.0 Å². The van der Waals surface area contributed by atoms with Crippen LogP contribution in [0.25, 0.3) is 0 Å². The number of thiophene rings is 1. The maximum Gasteiger partial charge on any atom is 0.246 e. The highest BCUT2D eigenvalue weighted by molar-refractivity contribution is 7.89. The monoisotopic (exact) mass is 437 g/mol. The Labute approximate surface area is 176 Å². The van der Waals surface area contributed by atoms with Gasteiger partial charge in [-0.05, 0) is 48.1 Å². The molecule has 0 fully saturated rings. The quantitative estimate of drug-likeness (QED) is 0.721. The Hall–Kier alpha value is -1.94. The number of anilines is 1. The number of rotatable bonds is 7. The number of nitrogens with zero attached hydrogens (tertiary/aromatic N) is 2. The molecular formula is C20H27N3O4S2. The Morgan fingerprint density at radius 1 is 1.34 bits per heavy atom. The Balaban J connectivity index is 1.76. The molecule has 1 atom stereocenters. The minimum Gasteiger partial charge on any atom is -0.495 e. The molecular weight excluding hydrogens is 410 g/mol. The Bertz CT molecular complexity index is 985. The van der Waals surface area contributed by atoms with E-state index in [9.17, 15) is 13.2 Å². The molecule has 1 N–H and O–H groups in total. The van der Waals surface area contributed by atoms with Crippen molar-refractivity contribution in [2.24, 2.45) is 0 Å². The first-order valence-corrected chi connectivity index (χ1v) is 11.8. The van der Waals surface area contributed by atoms with Gasteiger partial charge in [0.2, 0.25) is 15.9 Å². The molecule has 29 heavy (non-hydrogen) atoms. The second-order valence-corrected chi connectivity index (χ2v) is 10.3. The maximum atomic E-state index is 12.7. The lowest BCUT2D eigenvalue weighted by molar-refractivity contribution is -0.118. The molecule has 158 valence electrons. The van der Waals surface area contributed by atoms with Crippen molar-refractivity contribution < 1.29 is 17.9 Å². The van der Waals surface area contributed by atoms with Gasteiger partial charge < -0.3 is 10.1 Å². The summed E-state index contributed by atoms with van der Waals surface area (Å²) in [7, 11) is 0.638. The zero-order valence-electron chi connectivity index (χ0n) is 17.1. The molecule has 0 saturated carbocycles. The van der Waals surface area contributed by atoms with Crippen molar-refractivity contribution in [3.63, 3.8) is 0 Å². The van der Waals surface area contributed by atoms with E-state index in [0.717, 1.165) is 23.7 Å². The van der Waals surface area contributed by atoms with Crippen LogP contribution in [0.1, 0.15) is 29.8 Å². The second kappa shape index (κ2) is 8.83. The summed E-state index contributed by atoms with van der Waals surface area (Å²) in [5.74, 6) is 0.0734. The van der Waals surface area contributed by atoms with Crippen LogP contribution in [0.15, 0.2) is 34.5 Å². The molecule has 0 spiro atoms. The van der Waals surface area contributed by atoms with Gasteiger partial charge in [-0.2, -0.15) is 0 Å². The lowest BCUT2D eigenvalue weighted by Crippen LogP contribution is -2.40. The van der Waals surface area contributed by atoms with Gasteiger partial charge in [-0.25, -0.2) is 12.7 Å². The minimum absolute atomic E-state index is 0.0233. The number of methoxy groups -OCH3 is 1. The Kier molecular flexibility index (Phi) is 6.62. The summed E-state index contributed by atoms with van der Waals surface area (Å²) in [6, 6.07) is 7.03. The average molecular weight is 438 g/mol. The van der Waals surface area contributed by atoms with Crippen LogP contribution in [0.4, 0.5) is 5.69 Å². The largest absolute Gasteiger partial charge is 0.495 e. The molecule has 7 nitrogen and oxygen atoms in total. The van der Waals surface area contributed by atoms with Gasteiger partial charge in [0.25, 0.3) is 0 Å². The van der Waals surface area contributed by atoms with Crippen molar-refractivity contribution in [2.75, 3.05) is 39.6 Å². The van der Waals surface area contributed by atoms with Crippen molar-refractivity contribution in [1.29, 1.82) is 0 Å². The maximum absolute atomic E-state index is 12.7. The summed E-state index contributed by atoms with van der Waals surface area (Å²) < 4.78 is 31.4. The van der Waals surface area contributed by atoms with E-state index in [-0.39, 0.29) is 29.1 Å². The van der Waals surface area contributed by atoms with E-state index in [2.05, 4.69) is 28.6 Å².